The second-order valence-electron chi connectivity index (χ2n) is 9.92. The van der Waals surface area contributed by atoms with Gasteiger partial charge in [0, 0.05) is 11.1 Å². The van der Waals surface area contributed by atoms with E-state index in [2.05, 4.69) is 12.2 Å². The molecule has 8 heteroatoms. The molecule has 2 bridgehead atoms. The fourth-order valence-corrected chi connectivity index (χ4v) is 6.46. The van der Waals surface area contributed by atoms with E-state index < -0.39 is 36.1 Å². The first-order valence-electron chi connectivity index (χ1n) is 11.7. The number of nitrogens with zero attached hydrogens (tertiary/aromatic N) is 2. The number of carbonyl (C=O) groups is 4. The molecule has 0 aromatic heterocycles. The van der Waals surface area contributed by atoms with Gasteiger partial charge in [0.05, 0.1) is 21.9 Å². The van der Waals surface area contributed by atoms with E-state index in [1.165, 1.54) is 18.2 Å². The predicted molar refractivity (Wildman–Crippen MR) is 130 cm³/mol. The van der Waals surface area contributed by atoms with Gasteiger partial charge in [0.25, 0.3) is 17.7 Å². The lowest BCUT2D eigenvalue weighted by Crippen LogP contribution is -2.52. The third-order valence-corrected chi connectivity index (χ3v) is 8.69. The van der Waals surface area contributed by atoms with E-state index in [9.17, 15) is 19.2 Å². The molecule has 0 unspecified atom stereocenters. The van der Waals surface area contributed by atoms with Crippen LogP contribution in [0.4, 0.5) is 0 Å². The lowest BCUT2D eigenvalue weighted by Gasteiger charge is -2.37. The number of ketones is 1. The zero-order valence-electron chi connectivity index (χ0n) is 18.9. The van der Waals surface area contributed by atoms with Crippen LogP contribution in [0.15, 0.2) is 54.6 Å². The molecule has 0 spiro atoms. The smallest absolute Gasteiger partial charge is 0.273 e. The van der Waals surface area contributed by atoms with Crippen LogP contribution in [0.3, 0.4) is 0 Å². The molecular weight excluding hydrogens is 487 g/mol. The maximum absolute atomic E-state index is 13.7. The van der Waals surface area contributed by atoms with E-state index in [0.717, 1.165) is 22.0 Å². The van der Waals surface area contributed by atoms with E-state index in [1.807, 2.05) is 6.92 Å². The van der Waals surface area contributed by atoms with Crippen molar-refractivity contribution in [2.75, 3.05) is 6.54 Å². The maximum Gasteiger partial charge on any atom is 0.273 e. The highest BCUT2D eigenvalue weighted by molar-refractivity contribution is 6.42. The molecule has 0 radical (unpaired) electrons. The summed E-state index contributed by atoms with van der Waals surface area (Å²) in [6.07, 6.45) is 5.17. The van der Waals surface area contributed by atoms with Crippen LogP contribution in [0.25, 0.3) is 0 Å². The first-order valence-corrected chi connectivity index (χ1v) is 12.4. The van der Waals surface area contributed by atoms with Crippen LogP contribution in [-0.2, 0) is 9.59 Å². The van der Waals surface area contributed by atoms with Crippen molar-refractivity contribution in [3.63, 3.8) is 0 Å². The molecule has 2 saturated carbocycles. The second-order valence-corrected chi connectivity index (χ2v) is 10.7. The summed E-state index contributed by atoms with van der Waals surface area (Å²) >= 11 is 12.2. The quantitative estimate of drug-likeness (QED) is 0.336. The largest absolute Gasteiger partial charge is 0.292 e. The summed E-state index contributed by atoms with van der Waals surface area (Å²) in [5, 5.41) is 2.36. The Morgan fingerprint density at radius 3 is 2.03 bits per heavy atom. The zero-order chi connectivity index (χ0) is 24.6. The van der Waals surface area contributed by atoms with Gasteiger partial charge in [0.1, 0.15) is 6.54 Å². The number of halogens is 2. The number of rotatable bonds is 5. The lowest BCUT2D eigenvalue weighted by atomic mass is 9.63. The lowest BCUT2D eigenvalue weighted by molar-refractivity contribution is -0.154. The van der Waals surface area contributed by atoms with Crippen LogP contribution in [0.2, 0.25) is 10.0 Å². The molecule has 35 heavy (non-hydrogen) atoms. The summed E-state index contributed by atoms with van der Waals surface area (Å²) in [5.74, 6) is -1.96. The second kappa shape index (κ2) is 8.04. The van der Waals surface area contributed by atoms with Gasteiger partial charge in [-0.05, 0) is 55.2 Å². The maximum atomic E-state index is 13.7. The first-order chi connectivity index (χ1) is 16.8. The van der Waals surface area contributed by atoms with Crippen molar-refractivity contribution < 1.29 is 19.2 Å². The molecule has 178 valence electrons. The van der Waals surface area contributed by atoms with Crippen LogP contribution in [0, 0.1) is 42.4 Å². The van der Waals surface area contributed by atoms with E-state index in [1.54, 1.807) is 24.3 Å². The summed E-state index contributed by atoms with van der Waals surface area (Å²) in [5.41, 5.74) is 1.51. The van der Waals surface area contributed by atoms with Crippen molar-refractivity contribution >= 4 is 46.7 Å². The van der Waals surface area contributed by atoms with Crippen molar-refractivity contribution in [2.24, 2.45) is 35.5 Å². The van der Waals surface area contributed by atoms with E-state index in [0.29, 0.717) is 17.4 Å². The minimum absolute atomic E-state index is 0.00572. The van der Waals surface area contributed by atoms with Gasteiger partial charge in [-0.25, -0.2) is 5.01 Å². The Bertz CT molecular complexity index is 1280. The van der Waals surface area contributed by atoms with Crippen molar-refractivity contribution in [2.45, 2.75) is 13.3 Å². The Kier molecular flexibility index (Phi) is 5.17. The molecule has 1 saturated heterocycles. The molecule has 7 rings (SSSR count). The number of carbonyl (C=O) groups excluding carboxylic acids is 4. The van der Waals surface area contributed by atoms with Gasteiger partial charge < -0.3 is 0 Å². The van der Waals surface area contributed by atoms with Crippen LogP contribution < -0.4 is 0 Å². The average molecular weight is 509 g/mol. The normalized spacial score (nSPS) is 29.7. The van der Waals surface area contributed by atoms with Gasteiger partial charge in [0.15, 0.2) is 5.78 Å². The van der Waals surface area contributed by atoms with Crippen molar-refractivity contribution in [3.8, 4) is 0 Å². The monoisotopic (exact) mass is 508 g/mol. The zero-order valence-corrected chi connectivity index (χ0v) is 20.4. The Balaban J connectivity index is 1.37. The van der Waals surface area contributed by atoms with Gasteiger partial charge >= 0.3 is 0 Å². The molecule has 3 fully saturated rings. The average Bonchev–Trinajstić information content (AvgIpc) is 3.63. The molecule has 5 aliphatic rings. The topological polar surface area (TPSA) is 74.8 Å². The SMILES string of the molecule is Cc1ccc(C(=O)CN(C(=O)c2ccc(Cl)c(Cl)c2)N2C(=O)[C@@H]3[C@H]4C=C[C@H]([C@H]5C[C@H]45)[C@@H]3C2=O)cc1. The molecule has 1 heterocycles. The highest BCUT2D eigenvalue weighted by atomic mass is 35.5. The minimum atomic E-state index is -0.658. The predicted octanol–water partition coefficient (Wildman–Crippen LogP) is 4.60. The number of hydrogen-bond donors (Lipinski definition) is 0. The van der Waals surface area contributed by atoms with Crippen LogP contribution in [0.5, 0.6) is 0 Å². The minimum Gasteiger partial charge on any atom is -0.292 e. The van der Waals surface area contributed by atoms with Crippen LogP contribution in [0.1, 0.15) is 32.7 Å². The summed E-state index contributed by atoms with van der Waals surface area (Å²) in [6, 6.07) is 11.3. The number of hydrogen-bond acceptors (Lipinski definition) is 4. The molecular formula is C27H22Cl2N2O4. The Hall–Kier alpha value is -2.96. The molecule has 6 atom stereocenters. The van der Waals surface area contributed by atoms with Gasteiger partial charge in [-0.2, -0.15) is 5.01 Å². The Labute approximate surface area is 212 Å². The number of benzene rings is 2. The fraction of sp³-hybridized carbons (Fsp3) is 0.333. The number of amides is 3. The third-order valence-electron chi connectivity index (χ3n) is 7.95. The van der Waals surface area contributed by atoms with Gasteiger partial charge in [-0.1, -0.05) is 65.2 Å². The Morgan fingerprint density at radius 2 is 1.46 bits per heavy atom. The van der Waals surface area contributed by atoms with E-state index in [4.69, 9.17) is 23.2 Å². The van der Waals surface area contributed by atoms with Gasteiger partial charge in [0.2, 0.25) is 0 Å². The van der Waals surface area contributed by atoms with E-state index >= 15 is 0 Å². The molecule has 2 aromatic carbocycles. The third kappa shape index (κ3) is 3.46. The van der Waals surface area contributed by atoms with Crippen molar-refractivity contribution in [3.05, 3.63) is 81.4 Å². The van der Waals surface area contributed by atoms with Crippen molar-refractivity contribution in [1.82, 2.24) is 10.0 Å². The summed E-state index contributed by atoms with van der Waals surface area (Å²) in [4.78, 5) is 54.2. The van der Waals surface area contributed by atoms with Gasteiger partial charge in [-0.3, -0.25) is 19.2 Å². The molecule has 0 N–H and O–H groups in total. The van der Waals surface area contributed by atoms with Crippen molar-refractivity contribution in [1.29, 1.82) is 0 Å². The highest BCUT2D eigenvalue weighted by Gasteiger charge is 2.68. The standard InChI is InChI=1S/C27H22Cl2N2O4/c1-13-2-4-14(5-3-13)22(32)12-30(25(33)15-6-9-20(28)21(29)10-15)31-26(34)23-16-7-8-17(19-11-18(16)19)24(23)27(31)35/h2-10,16-19,23-24H,11-12H2,1H3/t16-,17+,18-,19-,23+,24-/m1/s1. The number of Topliss-reactive ketones (excluding diaryl/α,β-unsaturated/α-hetero) is 1. The molecule has 3 amide bonds. The highest BCUT2D eigenvalue weighted by Crippen LogP contribution is 2.65. The van der Waals surface area contributed by atoms with Crippen LogP contribution >= 0.6 is 23.2 Å². The number of imide groups is 1. The number of aryl methyl sites for hydroxylation is 1. The molecule has 6 nitrogen and oxygen atoms in total. The number of hydrazine groups is 1. The molecule has 2 aromatic rings. The van der Waals surface area contributed by atoms with E-state index in [-0.39, 0.29) is 33.2 Å². The fourth-order valence-electron chi connectivity index (χ4n) is 6.16. The summed E-state index contributed by atoms with van der Waals surface area (Å²) in [6.45, 7) is 1.46. The first kappa shape index (κ1) is 22.5. The van der Waals surface area contributed by atoms with Gasteiger partial charge in [-0.15, -0.1) is 0 Å². The van der Waals surface area contributed by atoms with Crippen LogP contribution in [-0.4, -0.2) is 40.1 Å². The summed E-state index contributed by atoms with van der Waals surface area (Å²) in [7, 11) is 0. The molecule has 4 aliphatic carbocycles. The number of allylic oxidation sites excluding steroid dienone is 2. The molecule has 1 aliphatic heterocycles. The summed E-state index contributed by atoms with van der Waals surface area (Å²) < 4.78 is 0. The Morgan fingerprint density at radius 1 is 0.886 bits per heavy atom.